The van der Waals surface area contributed by atoms with Gasteiger partial charge in [-0.15, -0.1) is 0 Å². The average Bonchev–Trinajstić information content (AvgIpc) is 3.22. The molecule has 10 heteroatoms. The Morgan fingerprint density at radius 2 is 1.68 bits per heavy atom. The topological polar surface area (TPSA) is 62.5 Å². The lowest BCUT2D eigenvalue weighted by molar-refractivity contribution is -0.137. The molecule has 1 saturated heterocycles. The van der Waals surface area contributed by atoms with Crippen LogP contribution in [0.2, 0.25) is 0 Å². The normalized spacial score (nSPS) is 15.3. The molecule has 1 fully saturated rings. The molecule has 31 heavy (non-hydrogen) atoms. The summed E-state index contributed by atoms with van der Waals surface area (Å²) in [5, 5.41) is 3.84. The predicted molar refractivity (Wildman–Crippen MR) is 102 cm³/mol. The second-order valence-corrected chi connectivity index (χ2v) is 7.14. The van der Waals surface area contributed by atoms with Crippen LogP contribution in [0.4, 0.5) is 17.6 Å². The molecule has 0 radical (unpaired) electrons. The number of alkyl halides is 3. The van der Waals surface area contributed by atoms with Gasteiger partial charge in [-0.1, -0.05) is 29.4 Å². The number of hydrogen-bond donors (Lipinski definition) is 0. The molecule has 4 rings (SSSR count). The molecule has 0 unspecified atom stereocenters. The SMILES string of the molecule is O=C(c1ccccc1F)N1CCN(Cc2nc(-c3ccc(C(F)(F)F)cc3)no2)CC1. The molecule has 1 aliphatic rings. The van der Waals surface area contributed by atoms with Crippen LogP contribution >= 0.6 is 0 Å². The van der Waals surface area contributed by atoms with Crippen molar-refractivity contribution >= 4 is 5.91 Å². The summed E-state index contributed by atoms with van der Waals surface area (Å²) in [4.78, 5) is 20.3. The number of piperazine rings is 1. The minimum absolute atomic E-state index is 0.0500. The number of hydrogen-bond acceptors (Lipinski definition) is 5. The van der Waals surface area contributed by atoms with E-state index in [1.54, 1.807) is 11.0 Å². The fraction of sp³-hybridized carbons (Fsp3) is 0.286. The Morgan fingerprint density at radius 1 is 1.00 bits per heavy atom. The third-order valence-electron chi connectivity index (χ3n) is 5.06. The van der Waals surface area contributed by atoms with Crippen molar-refractivity contribution in [1.82, 2.24) is 19.9 Å². The molecule has 2 aromatic carbocycles. The van der Waals surface area contributed by atoms with Gasteiger partial charge in [0, 0.05) is 31.7 Å². The smallest absolute Gasteiger partial charge is 0.338 e. The van der Waals surface area contributed by atoms with Crippen molar-refractivity contribution in [3.63, 3.8) is 0 Å². The summed E-state index contributed by atoms with van der Waals surface area (Å²) in [5.41, 5.74) is -0.278. The van der Waals surface area contributed by atoms with Crippen molar-refractivity contribution in [2.45, 2.75) is 12.7 Å². The Kier molecular flexibility index (Phi) is 5.73. The first-order valence-electron chi connectivity index (χ1n) is 9.57. The largest absolute Gasteiger partial charge is 0.416 e. The maximum absolute atomic E-state index is 13.8. The summed E-state index contributed by atoms with van der Waals surface area (Å²) in [6.07, 6.45) is -4.41. The Hall–Kier alpha value is -3.27. The van der Waals surface area contributed by atoms with Crippen LogP contribution in [-0.2, 0) is 12.7 Å². The summed E-state index contributed by atoms with van der Waals surface area (Å²) in [6, 6.07) is 10.4. The Balaban J connectivity index is 1.34. The van der Waals surface area contributed by atoms with Crippen LogP contribution in [0.3, 0.4) is 0 Å². The number of nitrogens with zero attached hydrogens (tertiary/aromatic N) is 4. The average molecular weight is 434 g/mol. The lowest BCUT2D eigenvalue weighted by Crippen LogP contribution is -2.48. The minimum Gasteiger partial charge on any atom is -0.338 e. The van der Waals surface area contributed by atoms with E-state index in [1.165, 1.54) is 30.3 Å². The molecule has 1 aromatic heterocycles. The van der Waals surface area contributed by atoms with Gasteiger partial charge in [-0.05, 0) is 24.3 Å². The first kappa shape index (κ1) is 21.0. The zero-order valence-electron chi connectivity index (χ0n) is 16.3. The number of amides is 1. The number of carbonyl (C=O) groups excluding carboxylic acids is 1. The lowest BCUT2D eigenvalue weighted by atomic mass is 10.1. The third kappa shape index (κ3) is 4.74. The molecule has 1 aliphatic heterocycles. The maximum atomic E-state index is 13.8. The fourth-order valence-corrected chi connectivity index (χ4v) is 3.35. The van der Waals surface area contributed by atoms with Gasteiger partial charge in [0.05, 0.1) is 17.7 Å². The first-order valence-corrected chi connectivity index (χ1v) is 9.57. The van der Waals surface area contributed by atoms with Crippen LogP contribution in [-0.4, -0.2) is 52.0 Å². The summed E-state index contributed by atoms with van der Waals surface area (Å²) < 4.78 is 57.1. The molecule has 2 heterocycles. The molecule has 1 amide bonds. The van der Waals surface area contributed by atoms with E-state index in [2.05, 4.69) is 10.1 Å². The summed E-state index contributed by atoms with van der Waals surface area (Å²) in [6.45, 7) is 2.27. The van der Waals surface area contributed by atoms with Gasteiger partial charge < -0.3 is 9.42 Å². The van der Waals surface area contributed by atoms with Crippen LogP contribution in [0.1, 0.15) is 21.8 Å². The summed E-state index contributed by atoms with van der Waals surface area (Å²) in [5.74, 6) is -0.363. The zero-order valence-corrected chi connectivity index (χ0v) is 16.3. The lowest BCUT2D eigenvalue weighted by Gasteiger charge is -2.34. The number of carbonyl (C=O) groups is 1. The number of benzene rings is 2. The minimum atomic E-state index is -4.41. The Labute approximate surface area is 175 Å². The van der Waals surface area contributed by atoms with Gasteiger partial charge in [-0.3, -0.25) is 9.69 Å². The van der Waals surface area contributed by atoms with Gasteiger partial charge in [0.25, 0.3) is 5.91 Å². The van der Waals surface area contributed by atoms with Gasteiger partial charge in [0.1, 0.15) is 5.82 Å². The number of aromatic nitrogens is 2. The molecule has 0 atom stereocenters. The highest BCUT2D eigenvalue weighted by Crippen LogP contribution is 2.30. The van der Waals surface area contributed by atoms with E-state index in [4.69, 9.17) is 4.52 Å². The van der Waals surface area contributed by atoms with Crippen LogP contribution in [0.25, 0.3) is 11.4 Å². The van der Waals surface area contributed by atoms with E-state index < -0.39 is 17.6 Å². The quantitative estimate of drug-likeness (QED) is 0.584. The second kappa shape index (κ2) is 8.46. The van der Waals surface area contributed by atoms with Gasteiger partial charge in [-0.25, -0.2) is 4.39 Å². The van der Waals surface area contributed by atoms with Crippen molar-refractivity contribution in [2.24, 2.45) is 0 Å². The fourth-order valence-electron chi connectivity index (χ4n) is 3.35. The third-order valence-corrected chi connectivity index (χ3v) is 5.06. The summed E-state index contributed by atoms with van der Waals surface area (Å²) in [7, 11) is 0. The first-order chi connectivity index (χ1) is 14.8. The van der Waals surface area contributed by atoms with Crippen LogP contribution in [0.15, 0.2) is 53.1 Å². The Morgan fingerprint density at radius 3 is 2.32 bits per heavy atom. The summed E-state index contributed by atoms with van der Waals surface area (Å²) >= 11 is 0. The standard InChI is InChI=1S/C21H18F4N4O2/c22-17-4-2-1-3-16(17)20(30)29-11-9-28(10-12-29)13-18-26-19(27-31-18)14-5-7-15(8-6-14)21(23,24)25/h1-8H,9-13H2. The molecule has 0 spiro atoms. The molecule has 0 N–H and O–H groups in total. The number of rotatable bonds is 4. The van der Waals surface area contributed by atoms with Crippen molar-refractivity contribution in [1.29, 1.82) is 0 Å². The maximum Gasteiger partial charge on any atom is 0.416 e. The predicted octanol–water partition coefficient (Wildman–Crippen LogP) is 3.85. The van der Waals surface area contributed by atoms with Crippen molar-refractivity contribution in [3.8, 4) is 11.4 Å². The van der Waals surface area contributed by atoms with Gasteiger partial charge in [0.15, 0.2) is 0 Å². The molecule has 6 nitrogen and oxygen atoms in total. The van der Waals surface area contributed by atoms with E-state index in [0.717, 1.165) is 12.1 Å². The highest BCUT2D eigenvalue weighted by molar-refractivity contribution is 5.94. The van der Waals surface area contributed by atoms with E-state index in [1.807, 2.05) is 4.90 Å². The molecule has 162 valence electrons. The molecular weight excluding hydrogens is 416 g/mol. The van der Waals surface area contributed by atoms with Crippen LogP contribution in [0.5, 0.6) is 0 Å². The highest BCUT2D eigenvalue weighted by Gasteiger charge is 2.30. The zero-order chi connectivity index (χ0) is 22.0. The molecular formula is C21H18F4N4O2. The van der Waals surface area contributed by atoms with Gasteiger partial charge in [0.2, 0.25) is 11.7 Å². The number of halogens is 4. The van der Waals surface area contributed by atoms with Gasteiger partial charge >= 0.3 is 6.18 Å². The molecule has 0 bridgehead atoms. The van der Waals surface area contributed by atoms with Gasteiger partial charge in [-0.2, -0.15) is 18.2 Å². The van der Waals surface area contributed by atoms with E-state index in [9.17, 15) is 22.4 Å². The van der Waals surface area contributed by atoms with Crippen LogP contribution < -0.4 is 0 Å². The van der Waals surface area contributed by atoms with Crippen molar-refractivity contribution in [3.05, 3.63) is 71.4 Å². The van der Waals surface area contributed by atoms with E-state index >= 15 is 0 Å². The Bertz CT molecular complexity index is 1060. The van der Waals surface area contributed by atoms with Crippen molar-refractivity contribution in [2.75, 3.05) is 26.2 Å². The molecule has 0 saturated carbocycles. The van der Waals surface area contributed by atoms with E-state index in [-0.39, 0.29) is 17.3 Å². The highest BCUT2D eigenvalue weighted by atomic mass is 19.4. The van der Waals surface area contributed by atoms with E-state index in [0.29, 0.717) is 44.2 Å². The van der Waals surface area contributed by atoms with Crippen LogP contribution in [0, 0.1) is 5.82 Å². The van der Waals surface area contributed by atoms with Crippen molar-refractivity contribution < 1.29 is 26.9 Å². The monoisotopic (exact) mass is 434 g/mol. The second-order valence-electron chi connectivity index (χ2n) is 7.14. The molecule has 0 aliphatic carbocycles. The molecule has 3 aromatic rings.